The van der Waals surface area contributed by atoms with E-state index in [1.54, 1.807) is 0 Å². The molecule has 2 atom stereocenters. The van der Waals surface area contributed by atoms with E-state index >= 15 is 0 Å². The van der Waals surface area contributed by atoms with Crippen LogP contribution >= 0.6 is 7.82 Å². The van der Waals surface area contributed by atoms with Gasteiger partial charge in [-0.05, 0) is 76.5 Å². The van der Waals surface area contributed by atoms with E-state index in [-0.39, 0.29) is 89.0 Å². The highest BCUT2D eigenvalue weighted by molar-refractivity contribution is 7.47. The summed E-state index contributed by atoms with van der Waals surface area (Å²) in [6, 6.07) is -0.0199. The lowest BCUT2D eigenvalue weighted by molar-refractivity contribution is -0.161. The van der Waals surface area contributed by atoms with Gasteiger partial charge in [0, 0.05) is 82.3 Å². The second kappa shape index (κ2) is 65.4. The predicted octanol–water partition coefficient (Wildman–Crippen LogP) is 7.85. The number of rotatable bonds is 70. The fraction of sp³-hybridized carbons (Fsp3) is 0.789. The highest BCUT2D eigenvalue weighted by Gasteiger charge is 2.34. The van der Waals surface area contributed by atoms with Crippen LogP contribution in [0, 0.1) is 11.3 Å². The van der Waals surface area contributed by atoms with Crippen LogP contribution in [0.1, 0.15) is 267 Å². The van der Waals surface area contributed by atoms with Gasteiger partial charge < -0.3 is 72.9 Å². The van der Waals surface area contributed by atoms with Crippen molar-refractivity contribution >= 4 is 78.7 Å². The van der Waals surface area contributed by atoms with E-state index in [0.29, 0.717) is 19.3 Å². The standard InChI is InChI=1S/C76H138N11O18P/c1-9-11-13-15-17-19-21-23-25-27-29-31-33-35-37-39-74(98)102-54-64(105-75(99)40-38-36-34-32-30-28-26-24-22-20-18-16-14-12-10-2)55-104-106(100,101)103-46-45-77-67(91)47-68(92)80-48-63(88)42-44-66(90)84-56-76(57-85-71(95)51-81-65(89)43-41-60(3)4,58-86-72(96)52-82-69(93)49-78-61(5)6)59-87-73(97)53-83-70(94)50-79-62(7)8/h23-26,60-62,64,78-79H,9-22,27-59H2,1-8H3,(H,77,91)(H,80,92)(H,81,89)(H,82,93)(H,83,94)(H,84,90)(H,85,95)(H,86,96)(H,87,97)(H,100,101)/b25-23+,26-24+. The molecule has 0 aromatic carbocycles. The molecule has 0 fully saturated rings. The fourth-order valence-electron chi connectivity index (χ4n) is 10.2. The number of phosphoric acid groups is 1. The summed E-state index contributed by atoms with van der Waals surface area (Å²) in [5.74, 6) is -7.13. The number of hydrogen-bond acceptors (Lipinski definition) is 19. The number of ether oxygens (including phenoxy) is 2. The van der Waals surface area contributed by atoms with Crippen LogP contribution in [0.25, 0.3) is 0 Å². The number of carbonyl (C=O) groups excluding carboxylic acids is 12. The largest absolute Gasteiger partial charge is 0.472 e. The van der Waals surface area contributed by atoms with Gasteiger partial charge >= 0.3 is 19.8 Å². The van der Waals surface area contributed by atoms with Gasteiger partial charge in [0.25, 0.3) is 0 Å². The van der Waals surface area contributed by atoms with Gasteiger partial charge in [0.05, 0.1) is 52.5 Å². The SMILES string of the molecule is CCCCCCCC/C=C/CCCCCCCC(=O)OCC(COP(=O)(O)OCCNC(=O)CC(=O)NCC(=O)CCC(=O)NCC(CNC(=O)CNC(=O)CCC(C)C)(CNC(=O)CNC(=O)CNC(C)C)CNC(=O)CNC(=O)CNC(C)C)OC(=O)CCCCCCC/C=C/CCCCCCCC. The molecule has 0 rings (SSSR count). The van der Waals surface area contributed by atoms with Crippen LogP contribution in [0.3, 0.4) is 0 Å². The number of carbonyl (C=O) groups is 12. The van der Waals surface area contributed by atoms with E-state index in [9.17, 15) is 67.0 Å². The number of amides is 9. The molecule has 29 nitrogen and oxygen atoms in total. The summed E-state index contributed by atoms with van der Waals surface area (Å²) in [7, 11) is -4.84. The Balaban J connectivity index is 5.58. The Bertz CT molecular complexity index is 2500. The summed E-state index contributed by atoms with van der Waals surface area (Å²) in [4.78, 5) is 165. The van der Waals surface area contributed by atoms with Crippen molar-refractivity contribution in [1.82, 2.24) is 58.5 Å². The average molecular weight is 1520 g/mol. The second-order valence-corrected chi connectivity index (χ2v) is 29.8. The molecule has 0 aromatic heterocycles. The number of hydrogen-bond donors (Lipinski definition) is 12. The van der Waals surface area contributed by atoms with Crippen LogP contribution < -0.4 is 58.5 Å². The van der Waals surface area contributed by atoms with Crippen molar-refractivity contribution in [1.29, 1.82) is 0 Å². The molecular formula is C76H138N11O18P. The summed E-state index contributed by atoms with van der Waals surface area (Å²) in [6.45, 7) is 10.4. The molecule has 0 aromatic rings. The van der Waals surface area contributed by atoms with Crippen LogP contribution in [-0.2, 0) is 80.6 Å². The molecule has 0 saturated carbocycles. The Morgan fingerprint density at radius 2 is 0.764 bits per heavy atom. The number of unbranched alkanes of at least 4 members (excludes halogenated alkanes) is 22. The molecule has 0 saturated heterocycles. The normalized spacial score (nSPS) is 12.4. The van der Waals surface area contributed by atoms with E-state index in [1.165, 1.54) is 77.0 Å². The highest BCUT2D eigenvalue weighted by atomic mass is 31.2. The van der Waals surface area contributed by atoms with Gasteiger partial charge in [0.1, 0.15) is 13.0 Å². The molecule has 2 unspecified atom stereocenters. The Kier molecular flexibility index (Phi) is 61.3. The van der Waals surface area contributed by atoms with E-state index < -0.39 is 150 Å². The summed E-state index contributed by atoms with van der Waals surface area (Å²) in [5.41, 5.74) is -1.42. The third-order valence-corrected chi connectivity index (χ3v) is 17.8. The maximum absolute atomic E-state index is 13.4. The summed E-state index contributed by atoms with van der Waals surface area (Å²) in [5, 5.41) is 28.8. The maximum Gasteiger partial charge on any atom is 0.472 e. The van der Waals surface area contributed by atoms with Crippen LogP contribution in [0.4, 0.5) is 0 Å². The monoisotopic (exact) mass is 1520 g/mol. The Labute approximate surface area is 633 Å². The average Bonchev–Trinajstić information content (AvgIpc) is 0.851. The number of Topliss-reactive ketones (excluding diaryl/α,β-unsaturated/α-hetero) is 1. The summed E-state index contributed by atoms with van der Waals surface area (Å²) >= 11 is 0. The summed E-state index contributed by atoms with van der Waals surface area (Å²) < 4.78 is 34.2. The van der Waals surface area contributed by atoms with Crippen LogP contribution in [0.2, 0.25) is 0 Å². The van der Waals surface area contributed by atoms with Crippen molar-refractivity contribution in [3.05, 3.63) is 24.3 Å². The minimum absolute atomic E-state index is 0.00995. The molecule has 0 aliphatic rings. The number of phosphoric ester groups is 1. The molecule has 0 spiro atoms. The van der Waals surface area contributed by atoms with Gasteiger partial charge in [-0.25, -0.2) is 4.57 Å². The predicted molar refractivity (Wildman–Crippen MR) is 410 cm³/mol. The lowest BCUT2D eigenvalue weighted by Crippen LogP contribution is -2.58. The Hall–Kier alpha value is -6.65. The third-order valence-electron chi connectivity index (χ3n) is 16.8. The molecule has 12 N–H and O–H groups in total. The van der Waals surface area contributed by atoms with Crippen LogP contribution in [-0.4, -0.2) is 186 Å². The quantitative estimate of drug-likeness (QED) is 0.00906. The molecule has 0 heterocycles. The number of esters is 2. The van der Waals surface area contributed by atoms with E-state index in [2.05, 4.69) is 96.6 Å². The number of ketones is 1. The molecule has 0 aliphatic carbocycles. The van der Waals surface area contributed by atoms with E-state index in [1.807, 2.05) is 41.5 Å². The Morgan fingerprint density at radius 1 is 0.387 bits per heavy atom. The third kappa shape index (κ3) is 64.5. The van der Waals surface area contributed by atoms with Crippen LogP contribution in [0.5, 0.6) is 0 Å². The first-order valence-electron chi connectivity index (χ1n) is 39.3. The molecule has 610 valence electrons. The molecule has 106 heavy (non-hydrogen) atoms. The zero-order valence-electron chi connectivity index (χ0n) is 65.7. The van der Waals surface area contributed by atoms with Crippen molar-refractivity contribution in [2.24, 2.45) is 11.3 Å². The molecular weight excluding hydrogens is 1390 g/mol. The second-order valence-electron chi connectivity index (χ2n) is 28.3. The molecule has 0 aliphatic heterocycles. The maximum atomic E-state index is 13.4. The van der Waals surface area contributed by atoms with Gasteiger partial charge in [0.15, 0.2) is 11.9 Å². The van der Waals surface area contributed by atoms with Crippen molar-refractivity contribution in [3.8, 4) is 0 Å². The minimum atomic E-state index is -4.84. The zero-order chi connectivity index (χ0) is 78.9. The van der Waals surface area contributed by atoms with Crippen molar-refractivity contribution < 1.29 is 85.5 Å². The van der Waals surface area contributed by atoms with Gasteiger partial charge in [-0.3, -0.25) is 66.6 Å². The Morgan fingerprint density at radius 3 is 1.21 bits per heavy atom. The summed E-state index contributed by atoms with van der Waals surface area (Å²) in [6.07, 6.45) is 35.8. The molecule has 30 heteroatoms. The van der Waals surface area contributed by atoms with Crippen molar-refractivity contribution in [2.75, 3.05) is 91.8 Å². The lowest BCUT2D eigenvalue weighted by Gasteiger charge is -2.35. The fourth-order valence-corrected chi connectivity index (χ4v) is 11.0. The zero-order valence-corrected chi connectivity index (χ0v) is 66.6. The van der Waals surface area contributed by atoms with Gasteiger partial charge in [-0.2, -0.15) is 0 Å². The van der Waals surface area contributed by atoms with Crippen LogP contribution in [0.15, 0.2) is 24.3 Å². The number of allylic oxidation sites excluding steroid dienone is 4. The topological polar surface area (TPSA) is 411 Å². The smallest absolute Gasteiger partial charge is 0.462 e. The van der Waals surface area contributed by atoms with E-state index in [0.717, 1.165) is 77.0 Å². The molecule has 0 bridgehead atoms. The van der Waals surface area contributed by atoms with Crippen molar-refractivity contribution in [2.45, 2.75) is 285 Å². The highest BCUT2D eigenvalue weighted by Crippen LogP contribution is 2.43. The first kappa shape index (κ1) is 99.3. The first-order valence-corrected chi connectivity index (χ1v) is 40.8. The minimum Gasteiger partial charge on any atom is -0.462 e. The molecule has 0 radical (unpaired) electrons. The first-order chi connectivity index (χ1) is 50.7. The van der Waals surface area contributed by atoms with Gasteiger partial charge in [-0.1, -0.05) is 182 Å². The van der Waals surface area contributed by atoms with Gasteiger partial charge in [0.2, 0.25) is 53.2 Å². The van der Waals surface area contributed by atoms with E-state index in [4.69, 9.17) is 18.5 Å². The number of nitrogens with one attached hydrogen (secondary N) is 11. The lowest BCUT2D eigenvalue weighted by atomic mass is 9.86. The molecule has 9 amide bonds. The van der Waals surface area contributed by atoms with Crippen molar-refractivity contribution in [3.63, 3.8) is 0 Å². The van der Waals surface area contributed by atoms with Gasteiger partial charge in [-0.15, -0.1) is 0 Å².